The monoisotopic (exact) mass is 712 g/mol. The number of carboxylic acid groups (broad SMARTS) is 1. The zero-order chi connectivity index (χ0) is 36.0. The number of fused-ring (bicyclic) bond motifs is 1. The fourth-order valence-electron chi connectivity index (χ4n) is 6.25. The van der Waals surface area contributed by atoms with Gasteiger partial charge in [0.2, 0.25) is 0 Å². The molecule has 1 aliphatic heterocycles. The number of para-hydroxylation sites is 2. The SMILES string of the molecule is CC1C(CSc2ncccc2C(=O)O)OC(c2ccc(-c3ccccc3CNC(=O)c3cnc4ccccc4n3)cc2)OC1c1ccc(CO)cc1. The molecule has 4 atom stereocenters. The first kappa shape index (κ1) is 35.0. The van der Waals surface area contributed by atoms with E-state index in [1.54, 1.807) is 18.3 Å². The van der Waals surface area contributed by atoms with E-state index in [0.29, 0.717) is 22.8 Å². The van der Waals surface area contributed by atoms with Crippen molar-refractivity contribution in [3.05, 3.63) is 155 Å². The lowest BCUT2D eigenvalue weighted by Gasteiger charge is -2.41. The summed E-state index contributed by atoms with van der Waals surface area (Å²) < 4.78 is 13.2. The topological polar surface area (TPSA) is 144 Å². The van der Waals surface area contributed by atoms with E-state index in [2.05, 4.69) is 27.2 Å². The average Bonchev–Trinajstić information content (AvgIpc) is 3.19. The van der Waals surface area contributed by atoms with Crippen LogP contribution in [0.4, 0.5) is 0 Å². The summed E-state index contributed by atoms with van der Waals surface area (Å²) in [6, 6.07) is 34.2. The maximum absolute atomic E-state index is 13.0. The number of pyridine rings is 1. The van der Waals surface area contributed by atoms with Crippen LogP contribution in [0.1, 0.15) is 62.4 Å². The third-order valence-electron chi connectivity index (χ3n) is 9.14. The number of aliphatic hydroxyl groups is 1. The molecule has 4 unspecified atom stereocenters. The van der Waals surface area contributed by atoms with Crippen molar-refractivity contribution in [1.29, 1.82) is 0 Å². The van der Waals surface area contributed by atoms with Gasteiger partial charge in [-0.2, -0.15) is 0 Å². The number of hydrogen-bond acceptors (Lipinski definition) is 9. The lowest BCUT2D eigenvalue weighted by molar-refractivity contribution is -0.268. The van der Waals surface area contributed by atoms with Gasteiger partial charge in [-0.3, -0.25) is 9.78 Å². The number of aliphatic hydroxyl groups excluding tert-OH is 1. The van der Waals surface area contributed by atoms with E-state index in [9.17, 15) is 19.8 Å². The minimum Gasteiger partial charge on any atom is -0.478 e. The number of carbonyl (C=O) groups is 2. The molecule has 262 valence electrons. The third-order valence-corrected chi connectivity index (χ3v) is 10.2. The Labute approximate surface area is 304 Å². The van der Waals surface area contributed by atoms with Crippen molar-refractivity contribution >= 4 is 34.7 Å². The summed E-state index contributed by atoms with van der Waals surface area (Å²) in [5, 5.41) is 22.7. The van der Waals surface area contributed by atoms with Crippen LogP contribution in [0.2, 0.25) is 0 Å². The number of rotatable bonds is 11. The number of ether oxygens (including phenoxy) is 2. The first-order valence-electron chi connectivity index (χ1n) is 16.9. The van der Waals surface area contributed by atoms with Gasteiger partial charge in [0.05, 0.1) is 41.6 Å². The summed E-state index contributed by atoms with van der Waals surface area (Å²) in [6.07, 6.45) is 1.76. The highest BCUT2D eigenvalue weighted by Gasteiger charge is 2.38. The average molecular weight is 713 g/mol. The number of amides is 1. The molecule has 0 bridgehead atoms. The summed E-state index contributed by atoms with van der Waals surface area (Å²) >= 11 is 1.35. The van der Waals surface area contributed by atoms with E-state index in [4.69, 9.17) is 9.47 Å². The molecule has 6 aromatic rings. The number of carbonyl (C=O) groups excluding carboxylic acids is 1. The Kier molecular flexibility index (Phi) is 10.6. The van der Waals surface area contributed by atoms with Gasteiger partial charge in [0.1, 0.15) is 10.7 Å². The maximum atomic E-state index is 13.0. The fraction of sp³-hybridized carbons (Fsp3) is 0.195. The maximum Gasteiger partial charge on any atom is 0.338 e. The molecule has 2 aromatic heterocycles. The fourth-order valence-corrected chi connectivity index (χ4v) is 7.40. The molecule has 0 spiro atoms. The van der Waals surface area contributed by atoms with Gasteiger partial charge in [0, 0.05) is 30.0 Å². The number of nitrogens with zero attached hydrogens (tertiary/aromatic N) is 3. The summed E-state index contributed by atoms with van der Waals surface area (Å²) in [7, 11) is 0. The molecule has 3 heterocycles. The van der Waals surface area contributed by atoms with Crippen LogP contribution in [0, 0.1) is 5.92 Å². The predicted octanol–water partition coefficient (Wildman–Crippen LogP) is 7.40. The van der Waals surface area contributed by atoms with Crippen LogP contribution in [0.25, 0.3) is 22.2 Å². The summed E-state index contributed by atoms with van der Waals surface area (Å²) in [5.74, 6) is -0.951. The van der Waals surface area contributed by atoms with E-state index >= 15 is 0 Å². The molecule has 1 amide bonds. The molecule has 4 aromatic carbocycles. The minimum absolute atomic E-state index is 0.0523. The van der Waals surface area contributed by atoms with Crippen molar-refractivity contribution in [2.75, 3.05) is 5.75 Å². The Bertz CT molecular complexity index is 2200. The number of aromatic carboxylic acids is 1. The Morgan fingerprint density at radius 1 is 0.827 bits per heavy atom. The first-order valence-corrected chi connectivity index (χ1v) is 17.9. The van der Waals surface area contributed by atoms with Crippen LogP contribution in [-0.2, 0) is 22.6 Å². The summed E-state index contributed by atoms with van der Waals surface area (Å²) in [5.41, 5.74) is 7.26. The molecule has 0 aliphatic carbocycles. The second-order valence-corrected chi connectivity index (χ2v) is 13.5. The largest absolute Gasteiger partial charge is 0.478 e. The van der Waals surface area contributed by atoms with E-state index < -0.39 is 12.3 Å². The number of carboxylic acids is 1. The highest BCUT2D eigenvalue weighted by molar-refractivity contribution is 7.99. The van der Waals surface area contributed by atoms with Gasteiger partial charge < -0.3 is 25.0 Å². The summed E-state index contributed by atoms with van der Waals surface area (Å²) in [6.45, 7) is 2.31. The van der Waals surface area contributed by atoms with Crippen LogP contribution >= 0.6 is 11.8 Å². The van der Waals surface area contributed by atoms with Crippen LogP contribution in [0.15, 0.2) is 127 Å². The van der Waals surface area contributed by atoms with Gasteiger partial charge in [0.15, 0.2) is 6.29 Å². The molecule has 1 aliphatic rings. The van der Waals surface area contributed by atoms with Gasteiger partial charge >= 0.3 is 5.97 Å². The molecule has 3 N–H and O–H groups in total. The molecule has 52 heavy (non-hydrogen) atoms. The van der Waals surface area contributed by atoms with Gasteiger partial charge in [0.25, 0.3) is 5.91 Å². The van der Waals surface area contributed by atoms with Gasteiger partial charge in [-0.05, 0) is 52.1 Å². The van der Waals surface area contributed by atoms with E-state index in [-0.39, 0.29) is 41.9 Å². The van der Waals surface area contributed by atoms with Crippen molar-refractivity contribution < 1.29 is 29.3 Å². The quantitative estimate of drug-likeness (QED) is 0.116. The van der Waals surface area contributed by atoms with E-state index in [0.717, 1.165) is 38.9 Å². The van der Waals surface area contributed by atoms with Crippen LogP contribution in [-0.4, -0.2) is 48.9 Å². The number of nitrogens with one attached hydrogen (secondary N) is 1. The number of aromatic nitrogens is 3. The van der Waals surface area contributed by atoms with Crippen LogP contribution < -0.4 is 5.32 Å². The number of thioether (sulfide) groups is 1. The molecular weight excluding hydrogens is 677 g/mol. The smallest absolute Gasteiger partial charge is 0.338 e. The molecular formula is C41H36N4O6S. The molecule has 0 saturated carbocycles. The standard InChI is InChI=1S/C41H36N4O6S/c1-25-36(24-52-39-32(40(48)49)9-6-20-42-39)50-41(51-37(25)28-14-12-26(23-46)13-15-28)29-18-16-27(17-19-29)31-8-3-2-7-30(31)21-44-38(47)35-22-43-33-10-4-5-11-34(33)45-35/h2-20,22,25,36-37,41,46H,21,23-24H2,1H3,(H,44,47)(H,48,49). The molecule has 11 heteroatoms. The molecule has 1 saturated heterocycles. The number of benzene rings is 4. The van der Waals surface area contributed by atoms with Crippen molar-refractivity contribution in [3.8, 4) is 11.1 Å². The number of hydrogen-bond donors (Lipinski definition) is 3. The Morgan fingerprint density at radius 2 is 1.56 bits per heavy atom. The van der Waals surface area contributed by atoms with E-state index in [1.807, 2.05) is 97.1 Å². The zero-order valence-corrected chi connectivity index (χ0v) is 29.1. The van der Waals surface area contributed by atoms with Gasteiger partial charge in [-0.1, -0.05) is 91.9 Å². The molecule has 10 nitrogen and oxygen atoms in total. The van der Waals surface area contributed by atoms with Crippen molar-refractivity contribution in [3.63, 3.8) is 0 Å². The van der Waals surface area contributed by atoms with Crippen LogP contribution in [0.3, 0.4) is 0 Å². The van der Waals surface area contributed by atoms with Crippen LogP contribution in [0.5, 0.6) is 0 Å². The Morgan fingerprint density at radius 3 is 2.33 bits per heavy atom. The molecule has 7 rings (SSSR count). The predicted molar refractivity (Wildman–Crippen MR) is 197 cm³/mol. The lowest BCUT2D eigenvalue weighted by Crippen LogP contribution is -2.38. The van der Waals surface area contributed by atoms with E-state index in [1.165, 1.54) is 18.0 Å². The van der Waals surface area contributed by atoms with Gasteiger partial charge in [-0.15, -0.1) is 11.8 Å². The normalized spacial score (nSPS) is 18.6. The van der Waals surface area contributed by atoms with Crippen molar-refractivity contribution in [1.82, 2.24) is 20.3 Å². The first-order chi connectivity index (χ1) is 25.4. The Hall–Kier alpha value is -5.46. The highest BCUT2D eigenvalue weighted by atomic mass is 32.2. The summed E-state index contributed by atoms with van der Waals surface area (Å²) in [4.78, 5) is 38.0. The van der Waals surface area contributed by atoms with Crippen molar-refractivity contribution in [2.45, 2.75) is 43.6 Å². The van der Waals surface area contributed by atoms with Gasteiger partial charge in [-0.25, -0.2) is 14.8 Å². The highest BCUT2D eigenvalue weighted by Crippen LogP contribution is 2.43. The Balaban J connectivity index is 1.10. The minimum atomic E-state index is -1.03. The lowest BCUT2D eigenvalue weighted by atomic mass is 9.91. The molecule has 0 radical (unpaired) electrons. The molecule has 1 fully saturated rings. The second kappa shape index (κ2) is 15.8. The van der Waals surface area contributed by atoms with Crippen molar-refractivity contribution in [2.24, 2.45) is 5.92 Å². The second-order valence-electron chi connectivity index (χ2n) is 12.5. The third kappa shape index (κ3) is 7.73. The zero-order valence-electron chi connectivity index (χ0n) is 28.3.